The largest absolute Gasteiger partial charge is 0.0926 e. The van der Waals surface area contributed by atoms with Gasteiger partial charge in [-0.1, -0.05) is 29.3 Å². The molecule has 1 rings (SSSR count). The first-order valence-corrected chi connectivity index (χ1v) is 3.31. The van der Waals surface area contributed by atoms with Gasteiger partial charge in [0, 0.05) is 10.6 Å². The Bertz CT molecular complexity index is 145. The highest BCUT2D eigenvalue weighted by molar-refractivity contribution is 6.34. The van der Waals surface area contributed by atoms with E-state index >= 15 is 0 Å². The van der Waals surface area contributed by atoms with Gasteiger partial charge in [0.2, 0.25) is 0 Å². The van der Waals surface area contributed by atoms with Gasteiger partial charge in [-0.05, 0) is 18.4 Å². The SMILES string of the molecule is ClC=C1CCC=C1Cl. The van der Waals surface area contributed by atoms with E-state index in [1.165, 1.54) is 0 Å². The lowest BCUT2D eigenvalue weighted by molar-refractivity contribution is 1.06. The molecule has 0 saturated carbocycles. The summed E-state index contributed by atoms with van der Waals surface area (Å²) in [5, 5.41) is 0.819. The monoisotopic (exact) mass is 148 g/mol. The van der Waals surface area contributed by atoms with Crippen LogP contribution >= 0.6 is 23.2 Å². The Morgan fingerprint density at radius 1 is 1.62 bits per heavy atom. The van der Waals surface area contributed by atoms with Crippen LogP contribution in [0.2, 0.25) is 0 Å². The van der Waals surface area contributed by atoms with Gasteiger partial charge >= 0.3 is 0 Å². The maximum Gasteiger partial charge on any atom is 0.0407 e. The van der Waals surface area contributed by atoms with Crippen LogP contribution in [-0.4, -0.2) is 0 Å². The van der Waals surface area contributed by atoms with Gasteiger partial charge in [-0.2, -0.15) is 0 Å². The summed E-state index contributed by atoms with van der Waals surface area (Å²) in [6.07, 6.45) is 4.02. The summed E-state index contributed by atoms with van der Waals surface area (Å²) in [5.41, 5.74) is 2.61. The van der Waals surface area contributed by atoms with Crippen LogP contribution in [0.5, 0.6) is 0 Å². The molecule has 0 fully saturated rings. The maximum atomic E-state index is 5.69. The third-order valence-electron chi connectivity index (χ3n) is 1.18. The zero-order chi connectivity index (χ0) is 5.98. The van der Waals surface area contributed by atoms with Crippen molar-refractivity contribution in [2.45, 2.75) is 12.8 Å². The van der Waals surface area contributed by atoms with Crippen LogP contribution in [0, 0.1) is 0 Å². The predicted octanol–water partition coefficient (Wildman–Crippen LogP) is 3.03. The van der Waals surface area contributed by atoms with Crippen molar-refractivity contribution in [3.8, 4) is 0 Å². The van der Waals surface area contributed by atoms with Crippen molar-refractivity contribution >= 4 is 23.2 Å². The number of hydrogen-bond donors (Lipinski definition) is 0. The van der Waals surface area contributed by atoms with Gasteiger partial charge in [-0.15, -0.1) is 0 Å². The topological polar surface area (TPSA) is 0 Å². The summed E-state index contributed by atoms with van der Waals surface area (Å²) < 4.78 is 0. The molecular weight excluding hydrogens is 143 g/mol. The van der Waals surface area contributed by atoms with Crippen LogP contribution in [0.4, 0.5) is 0 Å². The maximum absolute atomic E-state index is 5.69. The van der Waals surface area contributed by atoms with Crippen LogP contribution in [0.15, 0.2) is 22.2 Å². The number of allylic oxidation sites excluding steroid dienone is 3. The van der Waals surface area contributed by atoms with E-state index < -0.39 is 0 Å². The summed E-state index contributed by atoms with van der Waals surface area (Å²) in [5.74, 6) is 0. The highest BCUT2D eigenvalue weighted by atomic mass is 35.5. The number of halogens is 2. The molecule has 0 aliphatic heterocycles. The molecule has 1 aliphatic carbocycles. The molecule has 1 aliphatic rings. The van der Waals surface area contributed by atoms with Crippen molar-refractivity contribution in [2.75, 3.05) is 0 Å². The van der Waals surface area contributed by atoms with E-state index in [9.17, 15) is 0 Å². The number of rotatable bonds is 0. The normalized spacial score (nSPS) is 24.2. The van der Waals surface area contributed by atoms with Gasteiger partial charge in [0.25, 0.3) is 0 Å². The van der Waals surface area contributed by atoms with E-state index in [0.29, 0.717) is 0 Å². The molecule has 0 radical (unpaired) electrons. The van der Waals surface area contributed by atoms with Gasteiger partial charge in [-0.25, -0.2) is 0 Å². The summed E-state index contributed by atoms with van der Waals surface area (Å²) in [6, 6.07) is 0. The molecule has 0 bridgehead atoms. The molecule has 0 aromatic carbocycles. The minimum absolute atomic E-state index is 0.819. The van der Waals surface area contributed by atoms with Crippen LogP contribution in [0.25, 0.3) is 0 Å². The molecule has 0 aromatic rings. The highest BCUT2D eigenvalue weighted by Crippen LogP contribution is 2.27. The van der Waals surface area contributed by atoms with Crippen molar-refractivity contribution < 1.29 is 0 Å². The highest BCUT2D eigenvalue weighted by Gasteiger charge is 2.06. The second-order valence-electron chi connectivity index (χ2n) is 1.73. The van der Waals surface area contributed by atoms with E-state index in [2.05, 4.69) is 0 Å². The third-order valence-corrected chi connectivity index (χ3v) is 1.84. The van der Waals surface area contributed by atoms with E-state index in [1.54, 1.807) is 5.54 Å². The third kappa shape index (κ3) is 1.07. The van der Waals surface area contributed by atoms with Crippen molar-refractivity contribution in [1.29, 1.82) is 0 Å². The van der Waals surface area contributed by atoms with Gasteiger partial charge in [0.15, 0.2) is 0 Å². The molecule has 0 saturated heterocycles. The Labute approximate surface area is 58.8 Å². The summed E-state index contributed by atoms with van der Waals surface area (Å²) in [7, 11) is 0. The Morgan fingerprint density at radius 2 is 2.38 bits per heavy atom. The zero-order valence-corrected chi connectivity index (χ0v) is 5.84. The predicted molar refractivity (Wildman–Crippen MR) is 37.1 cm³/mol. The van der Waals surface area contributed by atoms with Gasteiger partial charge in [0.05, 0.1) is 0 Å². The Hall–Kier alpha value is 0.0600. The second kappa shape index (κ2) is 2.56. The standard InChI is InChI=1S/C6H6Cl2/c7-4-5-2-1-3-6(5)8/h3-4H,1-2H2. The van der Waals surface area contributed by atoms with Gasteiger partial charge in [-0.3, -0.25) is 0 Å². The Morgan fingerprint density at radius 3 is 2.62 bits per heavy atom. The first-order valence-electron chi connectivity index (χ1n) is 2.50. The summed E-state index contributed by atoms with van der Waals surface area (Å²) in [6.45, 7) is 0. The van der Waals surface area contributed by atoms with Gasteiger partial charge in [0.1, 0.15) is 0 Å². The fourth-order valence-corrected chi connectivity index (χ4v) is 1.25. The van der Waals surface area contributed by atoms with Crippen molar-refractivity contribution in [3.63, 3.8) is 0 Å². The Kier molecular flexibility index (Phi) is 1.98. The molecule has 0 N–H and O–H groups in total. The van der Waals surface area contributed by atoms with Crippen LogP contribution < -0.4 is 0 Å². The van der Waals surface area contributed by atoms with Crippen LogP contribution in [0.3, 0.4) is 0 Å². The fraction of sp³-hybridized carbons (Fsp3) is 0.333. The summed E-state index contributed by atoms with van der Waals surface area (Å²) >= 11 is 11.1. The minimum Gasteiger partial charge on any atom is -0.0926 e. The first-order chi connectivity index (χ1) is 3.84. The molecule has 0 amide bonds. The molecule has 8 heavy (non-hydrogen) atoms. The van der Waals surface area contributed by atoms with E-state index in [1.807, 2.05) is 6.08 Å². The van der Waals surface area contributed by atoms with Crippen molar-refractivity contribution in [3.05, 3.63) is 22.2 Å². The van der Waals surface area contributed by atoms with E-state index in [-0.39, 0.29) is 0 Å². The lowest BCUT2D eigenvalue weighted by Crippen LogP contribution is -1.69. The molecule has 0 heterocycles. The lowest BCUT2D eigenvalue weighted by Gasteiger charge is -1.89. The lowest BCUT2D eigenvalue weighted by atomic mass is 10.3. The summed E-state index contributed by atoms with van der Waals surface area (Å²) in [4.78, 5) is 0. The number of hydrogen-bond acceptors (Lipinski definition) is 0. The molecule has 0 atom stereocenters. The van der Waals surface area contributed by atoms with E-state index in [0.717, 1.165) is 23.4 Å². The molecule has 0 spiro atoms. The quantitative estimate of drug-likeness (QED) is 0.496. The zero-order valence-electron chi connectivity index (χ0n) is 4.32. The molecule has 0 nitrogen and oxygen atoms in total. The van der Waals surface area contributed by atoms with Gasteiger partial charge < -0.3 is 0 Å². The fourth-order valence-electron chi connectivity index (χ4n) is 0.712. The average Bonchev–Trinajstić information content (AvgIpc) is 2.14. The molecule has 2 heteroatoms. The molecular formula is C6H6Cl2. The van der Waals surface area contributed by atoms with Crippen LogP contribution in [0.1, 0.15) is 12.8 Å². The molecule has 0 aromatic heterocycles. The molecule has 0 unspecified atom stereocenters. The minimum atomic E-state index is 0.819. The molecule has 44 valence electrons. The van der Waals surface area contributed by atoms with E-state index in [4.69, 9.17) is 23.2 Å². The van der Waals surface area contributed by atoms with Crippen molar-refractivity contribution in [1.82, 2.24) is 0 Å². The van der Waals surface area contributed by atoms with Crippen LogP contribution in [-0.2, 0) is 0 Å². The second-order valence-corrected chi connectivity index (χ2v) is 2.35. The smallest absolute Gasteiger partial charge is 0.0407 e. The Balaban J connectivity index is 2.74. The van der Waals surface area contributed by atoms with Crippen molar-refractivity contribution in [2.24, 2.45) is 0 Å². The first kappa shape index (κ1) is 6.18. The average molecular weight is 149 g/mol.